The van der Waals surface area contributed by atoms with Crippen LogP contribution >= 0.6 is 11.6 Å². The van der Waals surface area contributed by atoms with Gasteiger partial charge in [-0.3, -0.25) is 9.36 Å². The number of fused-ring (bicyclic) bond motifs is 1. The summed E-state index contributed by atoms with van der Waals surface area (Å²) in [6, 6.07) is 4.80. The number of halogens is 1. The summed E-state index contributed by atoms with van der Waals surface area (Å²) < 4.78 is 1.61. The molecule has 3 N–H and O–H groups in total. The van der Waals surface area contributed by atoms with Crippen molar-refractivity contribution < 1.29 is 0 Å². The highest BCUT2D eigenvalue weighted by atomic mass is 35.5. The van der Waals surface area contributed by atoms with Gasteiger partial charge in [-0.25, -0.2) is 15.0 Å². The molecule has 0 amide bonds. The molecule has 0 saturated carbocycles. The lowest BCUT2D eigenvalue weighted by molar-refractivity contribution is 0.729. The Kier molecular flexibility index (Phi) is 11.7. The number of allylic oxidation sites excluding steroid dienone is 7. The number of anilines is 2. The fourth-order valence-electron chi connectivity index (χ4n) is 3.80. The highest BCUT2D eigenvalue weighted by Gasteiger charge is 2.21. The lowest BCUT2D eigenvalue weighted by Gasteiger charge is -2.22. The largest absolute Gasteiger partial charge is 0.382 e. The van der Waals surface area contributed by atoms with Crippen LogP contribution in [0.2, 0.25) is 5.02 Å². The van der Waals surface area contributed by atoms with Gasteiger partial charge in [0, 0.05) is 5.70 Å². The van der Waals surface area contributed by atoms with Crippen molar-refractivity contribution >= 4 is 39.8 Å². The van der Waals surface area contributed by atoms with Gasteiger partial charge in [-0.1, -0.05) is 74.6 Å². The van der Waals surface area contributed by atoms with Crippen molar-refractivity contribution in [2.45, 2.75) is 60.9 Å². The number of rotatable bonds is 7. The first-order chi connectivity index (χ1) is 18.7. The Bertz CT molecular complexity index is 1550. The third kappa shape index (κ3) is 7.68. The number of benzene rings is 1. The summed E-state index contributed by atoms with van der Waals surface area (Å²) in [5, 5.41) is 4.07. The van der Waals surface area contributed by atoms with Gasteiger partial charge in [0.1, 0.15) is 29.4 Å². The zero-order valence-corrected chi connectivity index (χ0v) is 24.5. The standard InChI is InChI=1S/C29H31ClN6O.C2H6/c1-7-9-11-21(8-2)36-28(35-24-13-10-12-23(30)25(24)29(36)37)20(6)34-27-22(26(31)32-17-33-27)15-14-19(5)16-18(3)4;1-2/h7,9-13,16-17,20H,3,8H2,1-2,4-6H3,(H3,31,32,33,34);1-2H3/b9-7-,19-16+,21-11+;. The number of nitrogens with zero attached hydrogens (tertiary/aromatic N) is 4. The van der Waals surface area contributed by atoms with E-state index >= 15 is 0 Å². The van der Waals surface area contributed by atoms with Crippen molar-refractivity contribution in [2.24, 2.45) is 0 Å². The van der Waals surface area contributed by atoms with Gasteiger partial charge in [0.15, 0.2) is 0 Å². The Hall–Kier alpha value is -4.15. The molecule has 0 aliphatic heterocycles. The van der Waals surface area contributed by atoms with E-state index in [2.05, 4.69) is 33.7 Å². The average Bonchev–Trinajstić information content (AvgIpc) is 2.90. The predicted octanol–water partition coefficient (Wildman–Crippen LogP) is 7.32. The van der Waals surface area contributed by atoms with Gasteiger partial charge >= 0.3 is 0 Å². The molecule has 7 nitrogen and oxygen atoms in total. The first-order valence-corrected chi connectivity index (χ1v) is 13.3. The summed E-state index contributed by atoms with van der Waals surface area (Å²) in [6.45, 7) is 17.5. The molecule has 0 radical (unpaired) electrons. The van der Waals surface area contributed by atoms with Crippen LogP contribution in [-0.2, 0) is 0 Å². The fraction of sp³-hybridized carbons (Fsp3) is 0.290. The second kappa shape index (κ2) is 14.7. The fourth-order valence-corrected chi connectivity index (χ4v) is 4.05. The summed E-state index contributed by atoms with van der Waals surface area (Å²) >= 11 is 6.42. The molecule has 2 aromatic heterocycles. The summed E-state index contributed by atoms with van der Waals surface area (Å²) in [4.78, 5) is 27.1. The molecule has 39 heavy (non-hydrogen) atoms. The molecule has 0 spiro atoms. The van der Waals surface area contributed by atoms with E-state index in [1.165, 1.54) is 6.33 Å². The highest BCUT2D eigenvalue weighted by Crippen LogP contribution is 2.26. The molecule has 1 unspecified atom stereocenters. The van der Waals surface area contributed by atoms with Crippen LogP contribution in [0.5, 0.6) is 0 Å². The number of hydrogen-bond acceptors (Lipinski definition) is 6. The zero-order valence-electron chi connectivity index (χ0n) is 23.8. The Morgan fingerprint density at radius 1 is 1.28 bits per heavy atom. The van der Waals surface area contributed by atoms with E-state index in [0.29, 0.717) is 39.6 Å². The molecule has 2 heterocycles. The first kappa shape index (κ1) is 31.1. The van der Waals surface area contributed by atoms with E-state index < -0.39 is 6.04 Å². The maximum absolute atomic E-state index is 13.7. The van der Waals surface area contributed by atoms with E-state index in [0.717, 1.165) is 16.8 Å². The Labute approximate surface area is 236 Å². The Balaban J connectivity index is 0.00000260. The van der Waals surface area contributed by atoms with E-state index in [9.17, 15) is 4.79 Å². The van der Waals surface area contributed by atoms with Gasteiger partial charge in [-0.05, 0) is 64.0 Å². The molecular weight excluding hydrogens is 508 g/mol. The summed E-state index contributed by atoms with van der Waals surface area (Å²) in [7, 11) is 0. The van der Waals surface area contributed by atoms with E-state index in [-0.39, 0.29) is 11.4 Å². The molecule has 3 aromatic rings. The van der Waals surface area contributed by atoms with Crippen LogP contribution in [0.25, 0.3) is 16.6 Å². The maximum atomic E-state index is 13.7. The van der Waals surface area contributed by atoms with Crippen LogP contribution in [-0.4, -0.2) is 19.5 Å². The van der Waals surface area contributed by atoms with Crippen molar-refractivity contribution in [3.8, 4) is 11.8 Å². The Morgan fingerprint density at radius 3 is 2.64 bits per heavy atom. The van der Waals surface area contributed by atoms with Crippen LogP contribution in [0, 0.1) is 11.8 Å². The molecule has 3 rings (SSSR count). The van der Waals surface area contributed by atoms with Gasteiger partial charge in [-0.2, -0.15) is 0 Å². The van der Waals surface area contributed by atoms with Crippen LogP contribution < -0.4 is 16.6 Å². The molecule has 0 bridgehead atoms. The Morgan fingerprint density at radius 2 is 2.00 bits per heavy atom. The number of hydrogen-bond donors (Lipinski definition) is 2. The quantitative estimate of drug-likeness (QED) is 0.239. The molecule has 204 valence electrons. The molecular formula is C31H37ClN6O. The zero-order chi connectivity index (χ0) is 29.1. The van der Waals surface area contributed by atoms with Gasteiger partial charge in [0.05, 0.1) is 22.0 Å². The normalized spacial score (nSPS) is 12.4. The van der Waals surface area contributed by atoms with Gasteiger partial charge in [0.2, 0.25) is 0 Å². The molecule has 0 saturated heterocycles. The first-order valence-electron chi connectivity index (χ1n) is 12.9. The summed E-state index contributed by atoms with van der Waals surface area (Å²) in [5.41, 5.74) is 9.41. The number of nitrogen functional groups attached to an aromatic ring is 1. The second-order valence-corrected chi connectivity index (χ2v) is 8.96. The molecule has 0 aliphatic carbocycles. The number of nitrogens with two attached hydrogens (primary N) is 1. The van der Waals surface area contributed by atoms with Crippen molar-refractivity contribution in [2.75, 3.05) is 11.1 Å². The monoisotopic (exact) mass is 544 g/mol. The SMILES string of the molecule is C=C(C)/C=C(\C)C#Cc1c(N)ncnc1NC(C)c1nc2cccc(Cl)c2c(=O)n1/C(=C/C=C\C)CC.CC. The second-order valence-electron chi connectivity index (χ2n) is 8.55. The third-order valence-corrected chi connectivity index (χ3v) is 5.78. The van der Waals surface area contributed by atoms with E-state index in [1.807, 2.05) is 72.8 Å². The number of nitrogens with one attached hydrogen (secondary N) is 1. The van der Waals surface area contributed by atoms with Gasteiger partial charge in [0.25, 0.3) is 5.56 Å². The lowest BCUT2D eigenvalue weighted by atomic mass is 10.1. The minimum Gasteiger partial charge on any atom is -0.382 e. The highest BCUT2D eigenvalue weighted by molar-refractivity contribution is 6.35. The van der Waals surface area contributed by atoms with Gasteiger partial charge < -0.3 is 11.1 Å². The smallest absolute Gasteiger partial charge is 0.267 e. The molecule has 0 aliphatic rings. The minimum atomic E-state index is -0.446. The average molecular weight is 545 g/mol. The molecule has 1 atom stereocenters. The van der Waals surface area contributed by atoms with Crippen LogP contribution in [0.4, 0.5) is 11.6 Å². The molecule has 1 aromatic carbocycles. The number of aromatic nitrogens is 4. The molecule has 8 heteroatoms. The van der Waals surface area contributed by atoms with Crippen LogP contribution in [0.15, 0.2) is 71.4 Å². The van der Waals surface area contributed by atoms with Crippen molar-refractivity contribution in [3.63, 3.8) is 0 Å². The van der Waals surface area contributed by atoms with Crippen LogP contribution in [0.1, 0.15) is 72.3 Å². The summed E-state index contributed by atoms with van der Waals surface area (Å²) in [6.07, 6.45) is 9.56. The van der Waals surface area contributed by atoms with Crippen molar-refractivity contribution in [1.82, 2.24) is 19.5 Å². The van der Waals surface area contributed by atoms with E-state index in [1.54, 1.807) is 22.8 Å². The maximum Gasteiger partial charge on any atom is 0.267 e. The topological polar surface area (TPSA) is 98.7 Å². The lowest BCUT2D eigenvalue weighted by Crippen LogP contribution is -2.28. The minimum absolute atomic E-state index is 0.236. The van der Waals surface area contributed by atoms with Crippen molar-refractivity contribution in [1.29, 1.82) is 0 Å². The third-order valence-electron chi connectivity index (χ3n) is 5.47. The summed E-state index contributed by atoms with van der Waals surface area (Å²) in [5.74, 6) is 7.34. The predicted molar refractivity (Wildman–Crippen MR) is 166 cm³/mol. The van der Waals surface area contributed by atoms with Crippen molar-refractivity contribution in [3.05, 3.63) is 93.3 Å². The van der Waals surface area contributed by atoms with Gasteiger partial charge in [-0.15, -0.1) is 0 Å². The van der Waals surface area contributed by atoms with Crippen LogP contribution in [0.3, 0.4) is 0 Å². The molecule has 0 fully saturated rings. The van der Waals surface area contributed by atoms with E-state index in [4.69, 9.17) is 22.3 Å².